The molecule has 0 amide bonds. The minimum absolute atomic E-state index is 0. The first-order valence-corrected chi connectivity index (χ1v) is 3.05. The van der Waals surface area contributed by atoms with Crippen LogP contribution in [0.3, 0.4) is 0 Å². The molecule has 5 heteroatoms. The average molecular weight is 182 g/mol. The normalized spacial score (nSPS) is 8.45. The summed E-state index contributed by atoms with van der Waals surface area (Å²) in [4.78, 5) is 20.6. The summed E-state index contributed by atoms with van der Waals surface area (Å²) < 4.78 is 0. The molecule has 0 saturated carbocycles. The highest BCUT2D eigenvalue weighted by Crippen LogP contribution is 1.88. The second-order valence-corrected chi connectivity index (χ2v) is 1.96. The topological polar surface area (TPSA) is 66.4 Å². The van der Waals surface area contributed by atoms with Gasteiger partial charge in [-0.05, 0) is 7.05 Å². The van der Waals surface area contributed by atoms with Crippen molar-refractivity contribution in [2.24, 2.45) is 0 Å². The number of ketones is 1. The Hall–Kier alpha value is -0.610. The van der Waals surface area contributed by atoms with Crippen molar-refractivity contribution in [3.8, 4) is 0 Å². The van der Waals surface area contributed by atoms with E-state index in [1.807, 2.05) is 0 Å². The molecule has 0 aromatic heterocycles. The zero-order chi connectivity index (χ0) is 7.98. The molecular formula is C6H12ClNO3. The Morgan fingerprint density at radius 3 is 2.27 bits per heavy atom. The molecule has 0 fully saturated rings. The molecule has 0 aromatic rings. The third-order valence-corrected chi connectivity index (χ3v) is 0.992. The molecule has 0 rings (SSSR count). The van der Waals surface area contributed by atoms with Crippen LogP contribution < -0.4 is 5.32 Å². The Labute approximate surface area is 71.4 Å². The van der Waals surface area contributed by atoms with Crippen molar-refractivity contribution in [2.45, 2.75) is 12.8 Å². The van der Waals surface area contributed by atoms with Crippen LogP contribution in [0.15, 0.2) is 0 Å². The first-order chi connectivity index (χ1) is 4.66. The summed E-state index contributed by atoms with van der Waals surface area (Å²) in [5.74, 6) is -0.991. The molecular weight excluding hydrogens is 170 g/mol. The van der Waals surface area contributed by atoms with Gasteiger partial charge in [0.1, 0.15) is 5.78 Å². The molecule has 0 atom stereocenters. The van der Waals surface area contributed by atoms with E-state index in [1.54, 1.807) is 7.05 Å². The van der Waals surface area contributed by atoms with Crippen LogP contribution in [0.25, 0.3) is 0 Å². The van der Waals surface area contributed by atoms with E-state index in [-0.39, 0.29) is 37.6 Å². The number of hydrogen-bond donors (Lipinski definition) is 2. The summed E-state index contributed by atoms with van der Waals surface area (Å²) in [6, 6.07) is 0. The van der Waals surface area contributed by atoms with Crippen molar-refractivity contribution in [1.29, 1.82) is 0 Å². The van der Waals surface area contributed by atoms with Gasteiger partial charge in [-0.2, -0.15) is 0 Å². The fourth-order valence-electron chi connectivity index (χ4n) is 0.532. The Balaban J connectivity index is 0. The van der Waals surface area contributed by atoms with E-state index in [9.17, 15) is 9.59 Å². The van der Waals surface area contributed by atoms with Gasteiger partial charge < -0.3 is 10.4 Å². The van der Waals surface area contributed by atoms with Crippen LogP contribution in [0.2, 0.25) is 0 Å². The van der Waals surface area contributed by atoms with E-state index in [4.69, 9.17) is 5.11 Å². The number of Topliss-reactive ketones (excluding diaryl/α,β-unsaturated/α-hetero) is 1. The molecule has 2 N–H and O–H groups in total. The lowest BCUT2D eigenvalue weighted by Gasteiger charge is -1.94. The lowest BCUT2D eigenvalue weighted by Crippen LogP contribution is -2.18. The lowest BCUT2D eigenvalue weighted by atomic mass is 10.2. The zero-order valence-electron chi connectivity index (χ0n) is 6.29. The maximum atomic E-state index is 10.6. The van der Waals surface area contributed by atoms with Crippen LogP contribution in [0.1, 0.15) is 12.8 Å². The molecule has 0 aliphatic rings. The van der Waals surface area contributed by atoms with Crippen LogP contribution in [-0.2, 0) is 9.59 Å². The number of likely N-dealkylation sites (N-methyl/N-ethyl adjacent to an activating group) is 1. The maximum absolute atomic E-state index is 10.6. The number of aliphatic carboxylic acids is 1. The highest BCUT2D eigenvalue weighted by molar-refractivity contribution is 5.85. The second-order valence-electron chi connectivity index (χ2n) is 1.96. The number of carbonyl (C=O) groups is 2. The largest absolute Gasteiger partial charge is 0.481 e. The maximum Gasteiger partial charge on any atom is 0.303 e. The third kappa shape index (κ3) is 9.39. The molecule has 0 bridgehead atoms. The zero-order valence-corrected chi connectivity index (χ0v) is 7.11. The van der Waals surface area contributed by atoms with Gasteiger partial charge in [0.05, 0.1) is 13.0 Å². The van der Waals surface area contributed by atoms with Gasteiger partial charge in [0.2, 0.25) is 0 Å². The van der Waals surface area contributed by atoms with Gasteiger partial charge in [0.25, 0.3) is 0 Å². The number of nitrogens with one attached hydrogen (secondary N) is 1. The van der Waals surface area contributed by atoms with Gasteiger partial charge in [-0.25, -0.2) is 0 Å². The monoisotopic (exact) mass is 181 g/mol. The average Bonchev–Trinajstić information content (AvgIpc) is 1.85. The second kappa shape index (κ2) is 7.50. The number of halogens is 1. The summed E-state index contributed by atoms with van der Waals surface area (Å²) in [5, 5.41) is 10.8. The summed E-state index contributed by atoms with van der Waals surface area (Å²) in [5.41, 5.74) is 0. The fraction of sp³-hybridized carbons (Fsp3) is 0.667. The Morgan fingerprint density at radius 1 is 1.36 bits per heavy atom. The molecule has 0 aliphatic carbocycles. The Bertz CT molecular complexity index is 138. The van der Waals surface area contributed by atoms with E-state index in [1.165, 1.54) is 0 Å². The van der Waals surface area contributed by atoms with Crippen molar-refractivity contribution >= 4 is 24.2 Å². The van der Waals surface area contributed by atoms with Crippen molar-refractivity contribution in [3.63, 3.8) is 0 Å². The highest BCUT2D eigenvalue weighted by Gasteiger charge is 2.02. The van der Waals surface area contributed by atoms with E-state index in [2.05, 4.69) is 5.32 Å². The van der Waals surface area contributed by atoms with Gasteiger partial charge in [-0.3, -0.25) is 9.59 Å². The first-order valence-electron chi connectivity index (χ1n) is 3.05. The van der Waals surface area contributed by atoms with E-state index >= 15 is 0 Å². The Morgan fingerprint density at radius 2 is 1.91 bits per heavy atom. The number of hydrogen-bond acceptors (Lipinski definition) is 3. The van der Waals surface area contributed by atoms with Gasteiger partial charge in [-0.15, -0.1) is 12.4 Å². The summed E-state index contributed by atoms with van der Waals surface area (Å²) in [6.07, 6.45) is 0.0523. The minimum atomic E-state index is -0.926. The number of rotatable bonds is 5. The summed E-state index contributed by atoms with van der Waals surface area (Å²) >= 11 is 0. The van der Waals surface area contributed by atoms with Crippen molar-refractivity contribution in [1.82, 2.24) is 5.32 Å². The van der Waals surface area contributed by atoms with Crippen molar-refractivity contribution in [3.05, 3.63) is 0 Å². The fourth-order valence-corrected chi connectivity index (χ4v) is 0.532. The van der Waals surface area contributed by atoms with Crippen LogP contribution in [0.5, 0.6) is 0 Å². The molecule has 0 saturated heterocycles. The SMILES string of the molecule is CNCC(=O)CCC(=O)O.Cl. The summed E-state index contributed by atoms with van der Waals surface area (Å²) in [6.45, 7) is 0.257. The minimum Gasteiger partial charge on any atom is -0.481 e. The van der Waals surface area contributed by atoms with Crippen LogP contribution in [0.4, 0.5) is 0 Å². The third-order valence-electron chi connectivity index (χ3n) is 0.992. The quantitative estimate of drug-likeness (QED) is 0.630. The van der Waals surface area contributed by atoms with Crippen molar-refractivity contribution < 1.29 is 14.7 Å². The van der Waals surface area contributed by atoms with E-state index < -0.39 is 5.97 Å². The standard InChI is InChI=1S/C6H11NO3.ClH/c1-7-4-5(8)2-3-6(9)10;/h7H,2-4H2,1H3,(H,9,10);1H. The number of carboxylic acid groups (broad SMARTS) is 1. The van der Waals surface area contributed by atoms with Gasteiger partial charge in [-0.1, -0.05) is 0 Å². The predicted octanol–water partition coefficient (Wildman–Crippen LogP) is 0.0615. The van der Waals surface area contributed by atoms with Gasteiger partial charge in [0, 0.05) is 6.42 Å². The van der Waals surface area contributed by atoms with Gasteiger partial charge in [0.15, 0.2) is 0 Å². The highest BCUT2D eigenvalue weighted by atomic mass is 35.5. The van der Waals surface area contributed by atoms with Crippen LogP contribution in [-0.4, -0.2) is 30.5 Å². The molecule has 0 radical (unpaired) electrons. The molecule has 0 aliphatic heterocycles. The van der Waals surface area contributed by atoms with Crippen LogP contribution >= 0.6 is 12.4 Å². The van der Waals surface area contributed by atoms with Crippen LogP contribution in [0, 0.1) is 0 Å². The molecule has 0 spiro atoms. The molecule has 0 heterocycles. The first kappa shape index (κ1) is 13.0. The smallest absolute Gasteiger partial charge is 0.303 e. The molecule has 4 nitrogen and oxygen atoms in total. The molecule has 0 unspecified atom stereocenters. The molecule has 0 aromatic carbocycles. The predicted molar refractivity (Wildman–Crippen MR) is 43.1 cm³/mol. The lowest BCUT2D eigenvalue weighted by molar-refractivity contribution is -0.138. The molecule has 66 valence electrons. The summed E-state index contributed by atoms with van der Waals surface area (Å²) in [7, 11) is 1.65. The number of carbonyl (C=O) groups excluding carboxylic acids is 1. The Kier molecular flexibility index (Phi) is 8.87. The van der Waals surface area contributed by atoms with Crippen molar-refractivity contribution in [2.75, 3.05) is 13.6 Å². The van der Waals surface area contributed by atoms with E-state index in [0.717, 1.165) is 0 Å². The van der Waals surface area contributed by atoms with Gasteiger partial charge >= 0.3 is 5.97 Å². The number of carboxylic acids is 1. The van der Waals surface area contributed by atoms with E-state index in [0.29, 0.717) is 0 Å². The molecule has 11 heavy (non-hydrogen) atoms.